The Morgan fingerprint density at radius 3 is 2.75 bits per heavy atom. The molecule has 4 nitrogen and oxygen atoms in total. The van der Waals surface area contributed by atoms with Crippen LogP contribution in [-0.2, 0) is 4.74 Å². The van der Waals surface area contributed by atoms with E-state index in [1.54, 1.807) is 12.1 Å². The molecule has 3 atom stereocenters. The van der Waals surface area contributed by atoms with Crippen LogP contribution >= 0.6 is 35.6 Å². The van der Waals surface area contributed by atoms with E-state index in [-0.39, 0.29) is 24.9 Å². The van der Waals surface area contributed by atoms with Crippen LogP contribution in [0.25, 0.3) is 0 Å². The minimum atomic E-state index is -0.917. The van der Waals surface area contributed by atoms with Crippen LogP contribution in [0.2, 0.25) is 10.0 Å². The van der Waals surface area contributed by atoms with Gasteiger partial charge in [0.25, 0.3) is 0 Å². The molecule has 0 aromatic heterocycles. The molecule has 20 heavy (non-hydrogen) atoms. The van der Waals surface area contributed by atoms with Crippen molar-refractivity contribution >= 4 is 35.6 Å². The molecule has 1 aliphatic heterocycles. The van der Waals surface area contributed by atoms with Gasteiger partial charge in [-0.1, -0.05) is 29.3 Å². The fraction of sp³-hybridized carbons (Fsp3) is 0.538. The van der Waals surface area contributed by atoms with Crippen molar-refractivity contribution < 1.29 is 14.9 Å². The molecule has 0 amide bonds. The Kier molecular flexibility index (Phi) is 7.54. The first-order valence-corrected chi connectivity index (χ1v) is 6.95. The van der Waals surface area contributed by atoms with E-state index < -0.39 is 12.2 Å². The minimum Gasteiger partial charge on any atom is -0.394 e. The highest BCUT2D eigenvalue weighted by Crippen LogP contribution is 2.30. The molecule has 1 aromatic rings. The van der Waals surface area contributed by atoms with Crippen molar-refractivity contribution in [3.63, 3.8) is 0 Å². The molecule has 1 saturated heterocycles. The van der Waals surface area contributed by atoms with Crippen LogP contribution < -0.4 is 5.32 Å². The van der Waals surface area contributed by atoms with E-state index in [1.165, 1.54) is 0 Å². The summed E-state index contributed by atoms with van der Waals surface area (Å²) in [5.41, 5.74) is 0.932. The van der Waals surface area contributed by atoms with Gasteiger partial charge < -0.3 is 20.3 Å². The van der Waals surface area contributed by atoms with Gasteiger partial charge in [-0.3, -0.25) is 0 Å². The van der Waals surface area contributed by atoms with Gasteiger partial charge in [0.1, 0.15) is 6.10 Å². The molecule has 114 valence electrons. The monoisotopic (exact) mass is 341 g/mol. The number of aliphatic hydroxyl groups is 2. The summed E-state index contributed by atoms with van der Waals surface area (Å²) >= 11 is 11.9. The van der Waals surface area contributed by atoms with Crippen molar-refractivity contribution in [2.45, 2.75) is 18.1 Å². The molecule has 0 unspecified atom stereocenters. The third-order valence-corrected chi connectivity index (χ3v) is 4.03. The molecule has 1 heterocycles. The van der Waals surface area contributed by atoms with Crippen LogP contribution in [0.3, 0.4) is 0 Å². The predicted octanol–water partition coefficient (Wildman–Crippen LogP) is 1.84. The third-order valence-electron chi connectivity index (χ3n) is 3.29. The fourth-order valence-electron chi connectivity index (χ4n) is 2.29. The van der Waals surface area contributed by atoms with E-state index in [9.17, 15) is 5.11 Å². The zero-order valence-electron chi connectivity index (χ0n) is 10.8. The number of rotatable bonds is 3. The number of hydrogen-bond donors (Lipinski definition) is 3. The second-order valence-electron chi connectivity index (χ2n) is 4.57. The lowest BCUT2D eigenvalue weighted by Crippen LogP contribution is -2.38. The number of halogens is 3. The van der Waals surface area contributed by atoms with E-state index in [1.807, 2.05) is 6.07 Å². The highest BCUT2D eigenvalue weighted by Gasteiger charge is 2.31. The minimum absolute atomic E-state index is 0. The van der Waals surface area contributed by atoms with E-state index in [0.717, 1.165) is 5.56 Å². The average molecular weight is 343 g/mol. The van der Waals surface area contributed by atoms with Crippen LogP contribution in [0.5, 0.6) is 0 Å². The first kappa shape index (κ1) is 18.0. The number of hydrogen-bond acceptors (Lipinski definition) is 4. The standard InChI is InChI=1S/C13H17Cl2NO3.ClH/c14-10-2-1-8(5-11(10)15)9-6-16-3-4-19-13(9)12(18)7-17;/h1-2,5,9,12-13,16-18H,3-4,6-7H2;1H/t9-,12-,13-;/m0./s1. The quantitative estimate of drug-likeness (QED) is 0.784. The van der Waals surface area contributed by atoms with Crippen LogP contribution in [0.4, 0.5) is 0 Å². The first-order chi connectivity index (χ1) is 9.13. The highest BCUT2D eigenvalue weighted by atomic mass is 35.5. The molecular weight excluding hydrogens is 325 g/mol. The van der Waals surface area contributed by atoms with Crippen molar-refractivity contribution in [2.24, 2.45) is 0 Å². The summed E-state index contributed by atoms with van der Waals surface area (Å²) in [5, 5.41) is 23.3. The topological polar surface area (TPSA) is 61.7 Å². The van der Waals surface area contributed by atoms with Gasteiger partial charge in [0.15, 0.2) is 0 Å². The highest BCUT2D eigenvalue weighted by molar-refractivity contribution is 6.42. The molecule has 0 spiro atoms. The maximum atomic E-state index is 9.90. The number of aliphatic hydroxyl groups excluding tert-OH is 2. The molecule has 0 radical (unpaired) electrons. The Morgan fingerprint density at radius 2 is 2.10 bits per heavy atom. The van der Waals surface area contributed by atoms with Gasteiger partial charge >= 0.3 is 0 Å². The number of nitrogens with one attached hydrogen (secondary N) is 1. The van der Waals surface area contributed by atoms with Crippen molar-refractivity contribution in [3.05, 3.63) is 33.8 Å². The van der Waals surface area contributed by atoms with Gasteiger partial charge in [-0.05, 0) is 17.7 Å². The summed E-state index contributed by atoms with van der Waals surface area (Å²) in [6.07, 6.45) is -1.38. The van der Waals surface area contributed by atoms with E-state index in [0.29, 0.717) is 29.7 Å². The summed E-state index contributed by atoms with van der Waals surface area (Å²) in [6, 6.07) is 5.38. The van der Waals surface area contributed by atoms with Crippen molar-refractivity contribution in [1.29, 1.82) is 0 Å². The van der Waals surface area contributed by atoms with Crippen molar-refractivity contribution in [1.82, 2.24) is 5.32 Å². The van der Waals surface area contributed by atoms with Gasteiger partial charge in [-0.2, -0.15) is 0 Å². The lowest BCUT2D eigenvalue weighted by molar-refractivity contribution is -0.0609. The maximum Gasteiger partial charge on any atom is 0.104 e. The molecule has 0 saturated carbocycles. The summed E-state index contributed by atoms with van der Waals surface area (Å²) in [6.45, 7) is 1.54. The Bertz CT molecular complexity index is 433. The van der Waals surface area contributed by atoms with Crippen LogP contribution in [-0.4, -0.2) is 48.7 Å². The SMILES string of the molecule is Cl.OC[C@H](O)[C@H]1OCCNC[C@H]1c1ccc(Cl)c(Cl)c1. The maximum absolute atomic E-state index is 9.90. The summed E-state index contributed by atoms with van der Waals surface area (Å²) in [7, 11) is 0. The fourth-order valence-corrected chi connectivity index (χ4v) is 2.60. The largest absolute Gasteiger partial charge is 0.394 e. The van der Waals surface area contributed by atoms with Crippen LogP contribution in [0.15, 0.2) is 18.2 Å². The zero-order chi connectivity index (χ0) is 13.8. The Hall–Kier alpha value is -0.0700. The smallest absolute Gasteiger partial charge is 0.104 e. The molecule has 7 heteroatoms. The number of benzene rings is 1. The van der Waals surface area contributed by atoms with E-state index in [4.69, 9.17) is 33.0 Å². The first-order valence-electron chi connectivity index (χ1n) is 6.19. The third kappa shape index (κ3) is 4.21. The molecule has 0 aliphatic carbocycles. The molecule has 0 bridgehead atoms. The van der Waals surface area contributed by atoms with Crippen molar-refractivity contribution in [3.8, 4) is 0 Å². The second kappa shape index (κ2) is 8.39. The number of ether oxygens (including phenoxy) is 1. The van der Waals surface area contributed by atoms with Gasteiger partial charge in [-0.15, -0.1) is 12.4 Å². The van der Waals surface area contributed by atoms with Gasteiger partial charge in [0.2, 0.25) is 0 Å². The van der Waals surface area contributed by atoms with Crippen LogP contribution in [0.1, 0.15) is 11.5 Å². The Morgan fingerprint density at radius 1 is 1.35 bits per heavy atom. The Balaban J connectivity index is 0.00000200. The normalized spacial score (nSPS) is 24.6. The second-order valence-corrected chi connectivity index (χ2v) is 5.38. The lowest BCUT2D eigenvalue weighted by atomic mass is 9.90. The molecule has 1 fully saturated rings. The van der Waals surface area contributed by atoms with Gasteiger partial charge in [0, 0.05) is 19.0 Å². The lowest BCUT2D eigenvalue weighted by Gasteiger charge is -2.28. The summed E-state index contributed by atoms with van der Waals surface area (Å²) < 4.78 is 5.64. The van der Waals surface area contributed by atoms with Gasteiger partial charge in [0.05, 0.1) is 29.4 Å². The average Bonchev–Trinajstić information content (AvgIpc) is 2.66. The molecular formula is C13H18Cl3NO3. The summed E-state index contributed by atoms with van der Waals surface area (Å²) in [4.78, 5) is 0. The van der Waals surface area contributed by atoms with E-state index in [2.05, 4.69) is 5.32 Å². The van der Waals surface area contributed by atoms with E-state index >= 15 is 0 Å². The van der Waals surface area contributed by atoms with Gasteiger partial charge in [-0.25, -0.2) is 0 Å². The Labute approximate surface area is 134 Å². The summed E-state index contributed by atoms with van der Waals surface area (Å²) in [5.74, 6) is -0.0839. The van der Waals surface area contributed by atoms with Crippen LogP contribution in [0, 0.1) is 0 Å². The molecule has 1 aromatic carbocycles. The zero-order valence-corrected chi connectivity index (χ0v) is 13.1. The molecule has 2 rings (SSSR count). The predicted molar refractivity (Wildman–Crippen MR) is 82.2 cm³/mol. The molecule has 3 N–H and O–H groups in total. The van der Waals surface area contributed by atoms with Crippen molar-refractivity contribution in [2.75, 3.05) is 26.3 Å². The molecule has 1 aliphatic rings.